The molecule has 2 unspecified atom stereocenters. The van der Waals surface area contributed by atoms with Gasteiger partial charge >= 0.3 is 0 Å². The third kappa shape index (κ3) is 3.87. The number of rotatable bonds is 5. The maximum Gasteiger partial charge on any atom is 0.0206 e. The summed E-state index contributed by atoms with van der Waals surface area (Å²) in [5.41, 5.74) is 3.13. The summed E-state index contributed by atoms with van der Waals surface area (Å²) in [6.07, 6.45) is 16.4. The number of allylic oxidation sites excluding steroid dienone is 8. The fraction of sp³-hybridized carbons (Fsp3) is 0.524. The van der Waals surface area contributed by atoms with Crippen molar-refractivity contribution in [2.24, 2.45) is 16.7 Å². The van der Waals surface area contributed by atoms with Crippen molar-refractivity contribution in [1.82, 2.24) is 0 Å². The monoisotopic (exact) mass is 284 g/mol. The molecule has 0 bridgehead atoms. The molecule has 0 aromatic rings. The largest absolute Gasteiger partial charge is 0.0991 e. The Bertz CT molecular complexity index is 470. The van der Waals surface area contributed by atoms with Gasteiger partial charge in [-0.25, -0.2) is 0 Å². The van der Waals surface area contributed by atoms with Crippen LogP contribution in [-0.4, -0.2) is 0 Å². The lowest BCUT2D eigenvalue weighted by Gasteiger charge is -2.49. The van der Waals surface area contributed by atoms with Crippen molar-refractivity contribution in [1.29, 1.82) is 0 Å². The second kappa shape index (κ2) is 7.11. The molecule has 1 aliphatic carbocycles. The summed E-state index contributed by atoms with van der Waals surface area (Å²) in [5.74, 6) is 0.710. The molecule has 1 aliphatic rings. The van der Waals surface area contributed by atoms with E-state index in [0.717, 1.165) is 0 Å². The van der Waals surface area contributed by atoms with Gasteiger partial charge in [0.25, 0.3) is 0 Å². The van der Waals surface area contributed by atoms with Crippen molar-refractivity contribution in [2.45, 2.75) is 53.9 Å². The van der Waals surface area contributed by atoms with Crippen LogP contribution in [0.15, 0.2) is 60.8 Å². The molecule has 0 spiro atoms. The van der Waals surface area contributed by atoms with Gasteiger partial charge in [-0.3, -0.25) is 0 Å². The van der Waals surface area contributed by atoms with Crippen molar-refractivity contribution in [3.8, 4) is 0 Å². The molecule has 0 N–H and O–H groups in total. The molecule has 0 radical (unpaired) electrons. The fourth-order valence-corrected chi connectivity index (χ4v) is 4.44. The van der Waals surface area contributed by atoms with Crippen molar-refractivity contribution in [2.75, 3.05) is 0 Å². The minimum absolute atomic E-state index is 0.0678. The van der Waals surface area contributed by atoms with Crippen LogP contribution in [0.2, 0.25) is 0 Å². The van der Waals surface area contributed by atoms with Crippen LogP contribution in [0.25, 0.3) is 0 Å². The Kier molecular flexibility index (Phi) is 6.01. The standard InChI is InChI=1S/C21H32/c1-8-12-18(10-3)21(19(11-4)13-9-2)15-17(5)14-20(6,7)16-21/h8-13,17H,1,3,14-16H2,2,4-7H3/b13-9-,18-12+,19-11+. The quantitative estimate of drug-likeness (QED) is 0.496. The van der Waals surface area contributed by atoms with Crippen molar-refractivity contribution >= 4 is 0 Å². The minimum atomic E-state index is 0.0678. The molecule has 2 atom stereocenters. The Balaban J connectivity index is 3.52. The lowest BCUT2D eigenvalue weighted by atomic mass is 9.54. The van der Waals surface area contributed by atoms with Crippen LogP contribution >= 0.6 is 0 Å². The Hall–Kier alpha value is -1.30. The molecular weight excluding hydrogens is 252 g/mol. The molecule has 1 fully saturated rings. The van der Waals surface area contributed by atoms with E-state index >= 15 is 0 Å². The van der Waals surface area contributed by atoms with E-state index in [-0.39, 0.29) is 5.41 Å². The van der Waals surface area contributed by atoms with Gasteiger partial charge in [-0.2, -0.15) is 0 Å². The maximum atomic E-state index is 4.08. The van der Waals surface area contributed by atoms with E-state index in [1.54, 1.807) is 0 Å². The van der Waals surface area contributed by atoms with Crippen molar-refractivity contribution in [3.05, 3.63) is 60.8 Å². The zero-order valence-electron chi connectivity index (χ0n) is 14.6. The Morgan fingerprint density at radius 3 is 2.19 bits per heavy atom. The molecule has 0 nitrogen and oxygen atoms in total. The molecule has 0 heterocycles. The highest BCUT2D eigenvalue weighted by Crippen LogP contribution is 2.56. The Labute approximate surface area is 132 Å². The van der Waals surface area contributed by atoms with Crippen LogP contribution in [0, 0.1) is 16.7 Å². The number of hydrogen-bond donors (Lipinski definition) is 0. The zero-order chi connectivity index (χ0) is 16.1. The van der Waals surface area contributed by atoms with Crippen LogP contribution < -0.4 is 0 Å². The molecule has 21 heavy (non-hydrogen) atoms. The summed E-state index contributed by atoms with van der Waals surface area (Å²) in [7, 11) is 0. The summed E-state index contributed by atoms with van der Waals surface area (Å²) < 4.78 is 0. The van der Waals surface area contributed by atoms with E-state index in [1.807, 2.05) is 12.2 Å². The fourth-order valence-electron chi connectivity index (χ4n) is 4.44. The average Bonchev–Trinajstić information content (AvgIpc) is 2.39. The van der Waals surface area contributed by atoms with Gasteiger partial charge in [0.2, 0.25) is 0 Å². The Morgan fingerprint density at radius 2 is 1.76 bits per heavy atom. The third-order valence-corrected chi connectivity index (χ3v) is 4.66. The summed E-state index contributed by atoms with van der Waals surface area (Å²) in [6.45, 7) is 19.4. The lowest BCUT2D eigenvalue weighted by molar-refractivity contribution is 0.103. The molecule has 0 aliphatic heterocycles. The van der Waals surface area contributed by atoms with Gasteiger partial charge in [-0.1, -0.05) is 70.4 Å². The second-order valence-electron chi connectivity index (χ2n) is 7.24. The van der Waals surface area contributed by atoms with E-state index in [9.17, 15) is 0 Å². The van der Waals surface area contributed by atoms with Crippen LogP contribution in [0.4, 0.5) is 0 Å². The first-order chi connectivity index (χ1) is 9.85. The predicted octanol–water partition coefficient (Wildman–Crippen LogP) is 6.64. The maximum absolute atomic E-state index is 4.08. The number of hydrogen-bond acceptors (Lipinski definition) is 0. The predicted molar refractivity (Wildman–Crippen MR) is 96.3 cm³/mol. The van der Waals surface area contributed by atoms with Gasteiger partial charge in [-0.15, -0.1) is 0 Å². The molecule has 1 rings (SSSR count). The molecule has 0 aromatic carbocycles. The second-order valence-corrected chi connectivity index (χ2v) is 7.24. The molecular formula is C21H32. The molecule has 0 heteroatoms. The van der Waals surface area contributed by atoms with Crippen LogP contribution in [0.1, 0.15) is 53.9 Å². The van der Waals surface area contributed by atoms with Crippen LogP contribution in [0.5, 0.6) is 0 Å². The van der Waals surface area contributed by atoms with E-state index in [2.05, 4.69) is 72.1 Å². The highest BCUT2D eigenvalue weighted by molar-refractivity contribution is 5.43. The van der Waals surface area contributed by atoms with Crippen LogP contribution in [-0.2, 0) is 0 Å². The van der Waals surface area contributed by atoms with Gasteiger partial charge in [0, 0.05) is 5.41 Å². The molecule has 116 valence electrons. The minimum Gasteiger partial charge on any atom is -0.0991 e. The van der Waals surface area contributed by atoms with Crippen LogP contribution in [0.3, 0.4) is 0 Å². The lowest BCUT2D eigenvalue weighted by Crippen LogP contribution is -2.39. The highest BCUT2D eigenvalue weighted by Gasteiger charge is 2.45. The van der Waals surface area contributed by atoms with E-state index in [0.29, 0.717) is 11.3 Å². The highest BCUT2D eigenvalue weighted by atomic mass is 14.5. The van der Waals surface area contributed by atoms with Crippen molar-refractivity contribution in [3.63, 3.8) is 0 Å². The molecule has 0 saturated heterocycles. The third-order valence-electron chi connectivity index (χ3n) is 4.66. The first-order valence-electron chi connectivity index (χ1n) is 8.10. The van der Waals surface area contributed by atoms with E-state index in [4.69, 9.17) is 0 Å². The van der Waals surface area contributed by atoms with Gasteiger partial charge in [0.1, 0.15) is 0 Å². The first-order valence-corrected chi connectivity index (χ1v) is 8.10. The smallest absolute Gasteiger partial charge is 0.0206 e. The Morgan fingerprint density at radius 1 is 1.10 bits per heavy atom. The van der Waals surface area contributed by atoms with E-state index < -0.39 is 0 Å². The van der Waals surface area contributed by atoms with Gasteiger partial charge in [-0.05, 0) is 55.6 Å². The van der Waals surface area contributed by atoms with Gasteiger partial charge in [0.05, 0.1) is 0 Å². The summed E-state index contributed by atoms with van der Waals surface area (Å²) in [4.78, 5) is 0. The van der Waals surface area contributed by atoms with Crippen molar-refractivity contribution < 1.29 is 0 Å². The zero-order valence-corrected chi connectivity index (χ0v) is 14.6. The summed E-state index contributed by atoms with van der Waals surface area (Å²) in [5, 5.41) is 0. The first kappa shape index (κ1) is 17.8. The summed E-state index contributed by atoms with van der Waals surface area (Å²) >= 11 is 0. The topological polar surface area (TPSA) is 0 Å². The summed E-state index contributed by atoms with van der Waals surface area (Å²) in [6, 6.07) is 0. The normalized spacial score (nSPS) is 30.4. The van der Waals surface area contributed by atoms with Gasteiger partial charge < -0.3 is 0 Å². The van der Waals surface area contributed by atoms with E-state index in [1.165, 1.54) is 30.4 Å². The molecule has 1 saturated carbocycles. The average molecular weight is 284 g/mol. The SMILES string of the molecule is C=C/C=C(\C=C)C1(C(/C=C\C)=C/C)CC(C)CC(C)(C)C1. The molecule has 0 aromatic heterocycles. The molecule has 0 amide bonds. The van der Waals surface area contributed by atoms with Gasteiger partial charge in [0.15, 0.2) is 0 Å².